The second kappa shape index (κ2) is 7.19. The topological polar surface area (TPSA) is 13.1 Å². The summed E-state index contributed by atoms with van der Waals surface area (Å²) >= 11 is 3.44. The Morgan fingerprint density at radius 1 is 1.08 bits per heavy atom. The van der Waals surface area contributed by atoms with Gasteiger partial charge in [0.15, 0.2) is 0 Å². The van der Waals surface area contributed by atoms with Crippen LogP contribution in [0, 0.1) is 0 Å². The Labute approximate surface area is 88.6 Å². The van der Waals surface area contributed by atoms with Gasteiger partial charge in [-0.25, -0.2) is 0 Å². The fraction of sp³-hybridized carbons (Fsp3) is 0.636. The van der Waals surface area contributed by atoms with E-state index >= 15 is 0 Å². The molecule has 0 unspecified atom stereocenters. The number of hydrogen-bond donors (Lipinski definition) is 0. The Morgan fingerprint density at radius 2 is 1.85 bits per heavy atom. The highest BCUT2D eigenvalue weighted by Crippen LogP contribution is 2.09. The minimum atomic E-state index is 1.10. The summed E-state index contributed by atoms with van der Waals surface area (Å²) < 4.78 is 5.25. The molecule has 0 aliphatic heterocycles. The molecule has 0 atom stereocenters. The van der Waals surface area contributed by atoms with Crippen LogP contribution in [0.15, 0.2) is 22.8 Å². The van der Waals surface area contributed by atoms with Crippen LogP contribution in [0.4, 0.5) is 0 Å². The minimum Gasteiger partial charge on any atom is -0.469 e. The summed E-state index contributed by atoms with van der Waals surface area (Å²) in [5.74, 6) is 1.13. The van der Waals surface area contributed by atoms with Crippen molar-refractivity contribution in [3.8, 4) is 0 Å². The van der Waals surface area contributed by atoms with Crippen molar-refractivity contribution in [2.24, 2.45) is 0 Å². The van der Waals surface area contributed by atoms with E-state index < -0.39 is 0 Å². The molecule has 0 spiro atoms. The lowest BCUT2D eigenvalue weighted by atomic mass is 10.1. The molecule has 0 radical (unpaired) electrons. The Balaban J connectivity index is 1.90. The molecule has 0 saturated heterocycles. The highest BCUT2D eigenvalue weighted by atomic mass is 79.9. The van der Waals surface area contributed by atoms with Gasteiger partial charge in [-0.3, -0.25) is 0 Å². The predicted octanol–water partition coefficient (Wildman–Crippen LogP) is 4.17. The predicted molar refractivity (Wildman–Crippen MR) is 59.3 cm³/mol. The third-order valence-corrected chi connectivity index (χ3v) is 2.70. The number of rotatable bonds is 7. The number of unbranched alkanes of at least 4 members (excludes halogenated alkanes) is 4. The standard InChI is InChI=1S/C11H17BrO/c12-9-5-3-1-2-4-7-11-8-6-10-13-11/h6,8,10H,1-5,7,9H2. The maximum atomic E-state index is 5.25. The van der Waals surface area contributed by atoms with Gasteiger partial charge >= 0.3 is 0 Å². The van der Waals surface area contributed by atoms with E-state index in [1.807, 2.05) is 6.07 Å². The Hall–Kier alpha value is -0.240. The van der Waals surface area contributed by atoms with Crippen molar-refractivity contribution in [1.82, 2.24) is 0 Å². The number of aryl methyl sites for hydroxylation is 1. The van der Waals surface area contributed by atoms with E-state index in [-0.39, 0.29) is 0 Å². The van der Waals surface area contributed by atoms with Crippen molar-refractivity contribution in [1.29, 1.82) is 0 Å². The molecule has 0 saturated carbocycles. The van der Waals surface area contributed by atoms with E-state index in [4.69, 9.17) is 4.42 Å². The van der Waals surface area contributed by atoms with Gasteiger partial charge in [0.2, 0.25) is 0 Å². The highest BCUT2D eigenvalue weighted by Gasteiger charge is 1.95. The SMILES string of the molecule is BrCCCCCCCc1ccco1. The molecule has 0 aromatic carbocycles. The molecule has 2 heteroatoms. The van der Waals surface area contributed by atoms with E-state index in [0.29, 0.717) is 0 Å². The summed E-state index contributed by atoms with van der Waals surface area (Å²) in [6.07, 6.45) is 9.45. The molecule has 0 fully saturated rings. The number of alkyl halides is 1. The van der Waals surface area contributed by atoms with Gasteiger partial charge in [0.25, 0.3) is 0 Å². The second-order valence-electron chi connectivity index (χ2n) is 3.29. The largest absolute Gasteiger partial charge is 0.469 e. The molecule has 0 aliphatic rings. The van der Waals surface area contributed by atoms with Crippen molar-refractivity contribution >= 4 is 15.9 Å². The summed E-state index contributed by atoms with van der Waals surface area (Å²) in [5.41, 5.74) is 0. The zero-order valence-electron chi connectivity index (χ0n) is 7.97. The molecule has 0 aliphatic carbocycles. The average molecular weight is 245 g/mol. The number of halogens is 1. The molecular weight excluding hydrogens is 228 g/mol. The minimum absolute atomic E-state index is 1.10. The van der Waals surface area contributed by atoms with Gasteiger partial charge in [-0.15, -0.1) is 0 Å². The first kappa shape index (κ1) is 10.8. The molecule has 0 N–H and O–H groups in total. The van der Waals surface area contributed by atoms with Crippen LogP contribution in [-0.2, 0) is 6.42 Å². The molecule has 1 rings (SSSR count). The normalized spacial score (nSPS) is 10.5. The van der Waals surface area contributed by atoms with Gasteiger partial charge < -0.3 is 4.42 Å². The average Bonchev–Trinajstić information content (AvgIpc) is 2.63. The molecule has 74 valence electrons. The van der Waals surface area contributed by atoms with Gasteiger partial charge in [-0.2, -0.15) is 0 Å². The van der Waals surface area contributed by atoms with E-state index in [0.717, 1.165) is 17.5 Å². The van der Waals surface area contributed by atoms with E-state index in [1.165, 1.54) is 32.1 Å². The molecule has 1 aromatic rings. The molecule has 1 heterocycles. The van der Waals surface area contributed by atoms with Crippen molar-refractivity contribution in [3.05, 3.63) is 24.2 Å². The lowest BCUT2D eigenvalue weighted by Gasteiger charge is -1.98. The maximum Gasteiger partial charge on any atom is 0.103 e. The third kappa shape index (κ3) is 5.14. The summed E-state index contributed by atoms with van der Waals surface area (Å²) in [5, 5.41) is 1.14. The van der Waals surface area contributed by atoms with E-state index in [9.17, 15) is 0 Å². The first-order chi connectivity index (χ1) is 6.43. The van der Waals surface area contributed by atoms with Crippen molar-refractivity contribution in [2.75, 3.05) is 5.33 Å². The van der Waals surface area contributed by atoms with E-state index in [2.05, 4.69) is 22.0 Å². The van der Waals surface area contributed by atoms with Crippen LogP contribution in [0.25, 0.3) is 0 Å². The Bertz CT molecular complexity index is 194. The number of hydrogen-bond acceptors (Lipinski definition) is 1. The van der Waals surface area contributed by atoms with Gasteiger partial charge in [-0.1, -0.05) is 35.2 Å². The summed E-state index contributed by atoms with van der Waals surface area (Å²) in [6.45, 7) is 0. The molecule has 1 nitrogen and oxygen atoms in total. The lowest BCUT2D eigenvalue weighted by Crippen LogP contribution is -1.83. The molecule has 0 amide bonds. The quantitative estimate of drug-likeness (QED) is 0.519. The lowest BCUT2D eigenvalue weighted by molar-refractivity contribution is 0.493. The molecule has 0 bridgehead atoms. The maximum absolute atomic E-state index is 5.25. The highest BCUT2D eigenvalue weighted by molar-refractivity contribution is 9.09. The van der Waals surface area contributed by atoms with Gasteiger partial charge in [0.1, 0.15) is 5.76 Å². The monoisotopic (exact) mass is 244 g/mol. The smallest absolute Gasteiger partial charge is 0.103 e. The first-order valence-electron chi connectivity index (χ1n) is 5.02. The third-order valence-electron chi connectivity index (χ3n) is 2.14. The van der Waals surface area contributed by atoms with Gasteiger partial charge in [0.05, 0.1) is 6.26 Å². The van der Waals surface area contributed by atoms with Crippen LogP contribution in [0.3, 0.4) is 0 Å². The van der Waals surface area contributed by atoms with Crippen LogP contribution < -0.4 is 0 Å². The van der Waals surface area contributed by atoms with Crippen molar-refractivity contribution in [3.63, 3.8) is 0 Å². The van der Waals surface area contributed by atoms with Crippen LogP contribution in [-0.4, -0.2) is 5.33 Å². The molecule has 1 aromatic heterocycles. The summed E-state index contributed by atoms with van der Waals surface area (Å²) in [4.78, 5) is 0. The van der Waals surface area contributed by atoms with Gasteiger partial charge in [-0.05, 0) is 25.0 Å². The first-order valence-corrected chi connectivity index (χ1v) is 6.14. The van der Waals surface area contributed by atoms with Crippen LogP contribution in [0.1, 0.15) is 37.9 Å². The molecule has 13 heavy (non-hydrogen) atoms. The van der Waals surface area contributed by atoms with Crippen LogP contribution in [0.5, 0.6) is 0 Å². The second-order valence-corrected chi connectivity index (χ2v) is 4.08. The Morgan fingerprint density at radius 3 is 2.54 bits per heavy atom. The Kier molecular flexibility index (Phi) is 6.00. The fourth-order valence-corrected chi connectivity index (χ4v) is 1.78. The van der Waals surface area contributed by atoms with Crippen LogP contribution >= 0.6 is 15.9 Å². The van der Waals surface area contributed by atoms with Crippen molar-refractivity contribution in [2.45, 2.75) is 38.5 Å². The zero-order valence-corrected chi connectivity index (χ0v) is 9.55. The number of furan rings is 1. The zero-order chi connectivity index (χ0) is 9.36. The van der Waals surface area contributed by atoms with Crippen molar-refractivity contribution < 1.29 is 4.42 Å². The van der Waals surface area contributed by atoms with Crippen LogP contribution in [0.2, 0.25) is 0 Å². The fourth-order valence-electron chi connectivity index (χ4n) is 1.38. The summed E-state index contributed by atoms with van der Waals surface area (Å²) in [7, 11) is 0. The summed E-state index contributed by atoms with van der Waals surface area (Å²) in [6, 6.07) is 4.01. The van der Waals surface area contributed by atoms with E-state index in [1.54, 1.807) is 6.26 Å². The van der Waals surface area contributed by atoms with Gasteiger partial charge in [0, 0.05) is 11.8 Å². The molecular formula is C11H17BrO.